The van der Waals surface area contributed by atoms with Gasteiger partial charge in [0.25, 0.3) is 0 Å². The van der Waals surface area contributed by atoms with Gasteiger partial charge in [-0.3, -0.25) is 9.59 Å². The third kappa shape index (κ3) is 2.40. The molecule has 3 rings (SSSR count). The highest BCUT2D eigenvalue weighted by Gasteiger charge is 2.35. The van der Waals surface area contributed by atoms with Gasteiger partial charge in [-0.15, -0.1) is 11.8 Å². The highest BCUT2D eigenvalue weighted by atomic mass is 32.2. The first kappa shape index (κ1) is 13.4. The van der Waals surface area contributed by atoms with Crippen LogP contribution in [-0.2, 0) is 0 Å². The number of carbonyl (C=O) groups excluding carboxylic acids is 2. The summed E-state index contributed by atoms with van der Waals surface area (Å²) < 4.78 is 0. The Kier molecular flexibility index (Phi) is 3.42. The van der Waals surface area contributed by atoms with Gasteiger partial charge < -0.3 is 5.32 Å². The summed E-state index contributed by atoms with van der Waals surface area (Å²) in [5.74, 6) is -0.0719. The number of ketones is 2. The van der Waals surface area contributed by atoms with E-state index < -0.39 is 0 Å². The third-order valence-electron chi connectivity index (χ3n) is 3.36. The summed E-state index contributed by atoms with van der Waals surface area (Å²) in [4.78, 5) is 25.8. The molecule has 0 radical (unpaired) electrons. The number of benzene rings is 1. The van der Waals surface area contributed by atoms with Gasteiger partial charge in [-0.05, 0) is 12.8 Å². The molecule has 1 aromatic carbocycles. The van der Waals surface area contributed by atoms with E-state index in [4.69, 9.17) is 0 Å². The van der Waals surface area contributed by atoms with E-state index >= 15 is 0 Å². The Balaban J connectivity index is 2.07. The number of rotatable bonds is 4. The van der Waals surface area contributed by atoms with E-state index in [1.54, 1.807) is 24.3 Å². The summed E-state index contributed by atoms with van der Waals surface area (Å²) in [6.07, 6.45) is 2.15. The second kappa shape index (κ2) is 5.09. The van der Waals surface area contributed by atoms with Gasteiger partial charge in [-0.25, -0.2) is 0 Å². The van der Waals surface area contributed by atoms with E-state index in [-0.39, 0.29) is 16.8 Å². The lowest BCUT2D eigenvalue weighted by atomic mass is 9.92. The number of hydrogen-bond acceptors (Lipinski definition) is 4. The van der Waals surface area contributed by atoms with E-state index in [2.05, 4.69) is 5.32 Å². The maximum atomic E-state index is 12.6. The molecule has 2 aliphatic rings. The van der Waals surface area contributed by atoms with Crippen LogP contribution in [0.1, 0.15) is 47.4 Å². The molecular weight excluding hydrogens is 270 g/mol. The molecular formula is C16H17NO2S. The van der Waals surface area contributed by atoms with Gasteiger partial charge in [0.15, 0.2) is 0 Å². The first-order valence-corrected chi connectivity index (χ1v) is 7.81. The van der Waals surface area contributed by atoms with Crippen molar-refractivity contribution in [3.8, 4) is 0 Å². The zero-order chi connectivity index (χ0) is 14.3. The molecule has 0 aliphatic heterocycles. The predicted molar refractivity (Wildman–Crippen MR) is 81.0 cm³/mol. The molecule has 1 saturated carbocycles. The molecule has 4 heteroatoms. The summed E-state index contributed by atoms with van der Waals surface area (Å²) in [7, 11) is 0. The Bertz CT molecular complexity index is 570. The second-order valence-electron chi connectivity index (χ2n) is 5.49. The molecule has 20 heavy (non-hydrogen) atoms. The number of nitrogens with one attached hydrogen (secondary N) is 1. The van der Waals surface area contributed by atoms with Crippen molar-refractivity contribution < 1.29 is 9.59 Å². The highest BCUT2D eigenvalue weighted by Crippen LogP contribution is 2.35. The van der Waals surface area contributed by atoms with E-state index in [1.807, 2.05) is 13.8 Å². The second-order valence-corrected chi connectivity index (χ2v) is 7.08. The smallest absolute Gasteiger partial charge is 0.210 e. The molecule has 0 spiro atoms. The summed E-state index contributed by atoms with van der Waals surface area (Å²) in [5, 5.41) is 3.52. The Labute approximate surface area is 122 Å². The zero-order valence-corrected chi connectivity index (χ0v) is 12.4. The Morgan fingerprint density at radius 3 is 2.25 bits per heavy atom. The normalized spacial score (nSPS) is 18.6. The van der Waals surface area contributed by atoms with Crippen molar-refractivity contribution in [2.24, 2.45) is 0 Å². The van der Waals surface area contributed by atoms with Gasteiger partial charge in [0.05, 0.1) is 4.91 Å². The van der Waals surface area contributed by atoms with Gasteiger partial charge in [-0.2, -0.15) is 0 Å². The lowest BCUT2D eigenvalue weighted by Crippen LogP contribution is -2.31. The SMILES string of the molecule is CC(C)SC1=C(NC2CC2)C(=O)c2ccccc2C1=O. The van der Waals surface area contributed by atoms with Crippen LogP contribution in [0.4, 0.5) is 0 Å². The minimum Gasteiger partial charge on any atom is -0.378 e. The third-order valence-corrected chi connectivity index (χ3v) is 4.45. The number of carbonyl (C=O) groups is 2. The number of thioether (sulfide) groups is 1. The molecule has 0 aromatic heterocycles. The number of Topliss-reactive ketones (excluding diaryl/α,β-unsaturated/α-hetero) is 2. The minimum absolute atomic E-state index is 0.0259. The van der Waals surface area contributed by atoms with Crippen molar-refractivity contribution >= 4 is 23.3 Å². The lowest BCUT2D eigenvalue weighted by Gasteiger charge is -2.22. The van der Waals surface area contributed by atoms with Gasteiger partial charge >= 0.3 is 0 Å². The van der Waals surface area contributed by atoms with Crippen LogP contribution in [0, 0.1) is 0 Å². The standard InChI is InChI=1S/C16H17NO2S/c1-9(2)20-16-13(17-10-7-8-10)14(18)11-5-3-4-6-12(11)15(16)19/h3-6,9-10,17H,7-8H2,1-2H3. The first-order chi connectivity index (χ1) is 9.58. The fraction of sp³-hybridized carbons (Fsp3) is 0.375. The van der Waals surface area contributed by atoms with Crippen LogP contribution < -0.4 is 5.32 Å². The largest absolute Gasteiger partial charge is 0.378 e. The molecule has 2 aliphatic carbocycles. The van der Waals surface area contributed by atoms with E-state index in [1.165, 1.54) is 11.8 Å². The molecule has 0 saturated heterocycles. The van der Waals surface area contributed by atoms with Crippen molar-refractivity contribution in [3.63, 3.8) is 0 Å². The van der Waals surface area contributed by atoms with Crippen LogP contribution in [0.25, 0.3) is 0 Å². The Morgan fingerprint density at radius 1 is 1.10 bits per heavy atom. The van der Waals surface area contributed by atoms with Crippen LogP contribution >= 0.6 is 11.8 Å². The van der Waals surface area contributed by atoms with Crippen molar-refractivity contribution in [2.45, 2.75) is 38.0 Å². The average molecular weight is 287 g/mol. The van der Waals surface area contributed by atoms with Crippen LogP contribution in [0.15, 0.2) is 34.9 Å². The van der Waals surface area contributed by atoms with Crippen molar-refractivity contribution in [3.05, 3.63) is 46.0 Å². The molecule has 1 fully saturated rings. The molecule has 0 bridgehead atoms. The number of allylic oxidation sites excluding steroid dienone is 2. The topological polar surface area (TPSA) is 46.2 Å². The monoisotopic (exact) mass is 287 g/mol. The average Bonchev–Trinajstić information content (AvgIpc) is 3.23. The van der Waals surface area contributed by atoms with Crippen LogP contribution in [-0.4, -0.2) is 22.9 Å². The van der Waals surface area contributed by atoms with E-state index in [0.717, 1.165) is 12.8 Å². The molecule has 0 atom stereocenters. The lowest BCUT2D eigenvalue weighted by molar-refractivity contribution is 0.0975. The molecule has 1 aromatic rings. The van der Waals surface area contributed by atoms with Gasteiger partial charge in [0, 0.05) is 22.4 Å². The summed E-state index contributed by atoms with van der Waals surface area (Å²) in [6.45, 7) is 4.06. The van der Waals surface area contributed by atoms with Crippen molar-refractivity contribution in [2.75, 3.05) is 0 Å². The number of fused-ring (bicyclic) bond motifs is 1. The van der Waals surface area contributed by atoms with Crippen LogP contribution in [0.2, 0.25) is 0 Å². The molecule has 0 amide bonds. The van der Waals surface area contributed by atoms with E-state index in [0.29, 0.717) is 27.8 Å². The molecule has 0 heterocycles. The van der Waals surface area contributed by atoms with Gasteiger partial charge in [0.1, 0.15) is 5.70 Å². The molecule has 0 unspecified atom stereocenters. The molecule has 3 nitrogen and oxygen atoms in total. The minimum atomic E-state index is -0.0461. The molecule has 104 valence electrons. The number of hydrogen-bond donors (Lipinski definition) is 1. The summed E-state index contributed by atoms with van der Waals surface area (Å²) in [5.41, 5.74) is 1.56. The fourth-order valence-electron chi connectivity index (χ4n) is 2.26. The quantitative estimate of drug-likeness (QED) is 0.924. The Morgan fingerprint density at radius 2 is 1.70 bits per heavy atom. The first-order valence-electron chi connectivity index (χ1n) is 6.94. The van der Waals surface area contributed by atoms with Crippen LogP contribution in [0.3, 0.4) is 0 Å². The fourth-order valence-corrected chi connectivity index (χ4v) is 3.22. The summed E-state index contributed by atoms with van der Waals surface area (Å²) in [6, 6.07) is 7.45. The van der Waals surface area contributed by atoms with Crippen molar-refractivity contribution in [1.29, 1.82) is 0 Å². The molecule has 1 N–H and O–H groups in total. The van der Waals surface area contributed by atoms with Crippen molar-refractivity contribution in [1.82, 2.24) is 5.32 Å². The maximum Gasteiger partial charge on any atom is 0.210 e. The van der Waals surface area contributed by atoms with Crippen LogP contribution in [0.5, 0.6) is 0 Å². The van der Waals surface area contributed by atoms with Gasteiger partial charge in [-0.1, -0.05) is 38.1 Å². The Hall–Kier alpha value is -1.55. The highest BCUT2D eigenvalue weighted by molar-refractivity contribution is 8.04. The van der Waals surface area contributed by atoms with E-state index in [9.17, 15) is 9.59 Å². The van der Waals surface area contributed by atoms with Gasteiger partial charge in [0.2, 0.25) is 11.6 Å². The zero-order valence-electron chi connectivity index (χ0n) is 11.6. The maximum absolute atomic E-state index is 12.6. The predicted octanol–water partition coefficient (Wildman–Crippen LogP) is 3.17. The summed E-state index contributed by atoms with van der Waals surface area (Å²) >= 11 is 1.48.